The topological polar surface area (TPSA) is 108 Å². The zero-order valence-corrected chi connectivity index (χ0v) is 18.1. The van der Waals surface area contributed by atoms with Crippen molar-refractivity contribution in [2.45, 2.75) is 24.6 Å². The maximum atomic E-state index is 12.3. The van der Waals surface area contributed by atoms with E-state index in [1.807, 2.05) is 77.8 Å². The van der Waals surface area contributed by atoms with E-state index in [0.717, 1.165) is 10.4 Å². The van der Waals surface area contributed by atoms with E-state index in [-0.39, 0.29) is 16.8 Å². The first-order valence-corrected chi connectivity index (χ1v) is 10.8. The van der Waals surface area contributed by atoms with Gasteiger partial charge in [0.1, 0.15) is 11.6 Å². The second-order valence-corrected chi connectivity index (χ2v) is 8.52. The molecule has 0 unspecified atom stereocenters. The zero-order valence-electron chi connectivity index (χ0n) is 17.3. The van der Waals surface area contributed by atoms with Gasteiger partial charge in [-0.3, -0.25) is 5.41 Å². The number of allylic oxidation sites excluding steroid dienone is 2. The maximum Gasteiger partial charge on any atom is 0.227 e. The molecular weight excluding hydrogens is 418 g/mol. The minimum atomic E-state index is -1.68. The molecule has 0 amide bonds. The van der Waals surface area contributed by atoms with E-state index >= 15 is 0 Å². The van der Waals surface area contributed by atoms with Crippen molar-refractivity contribution >= 4 is 17.2 Å². The van der Waals surface area contributed by atoms with Gasteiger partial charge in [0.25, 0.3) is 0 Å². The highest BCUT2D eigenvalue weighted by Gasteiger charge is 2.56. The van der Waals surface area contributed by atoms with Crippen LogP contribution in [0.2, 0.25) is 0 Å². The van der Waals surface area contributed by atoms with Crippen LogP contribution in [0.3, 0.4) is 0 Å². The van der Waals surface area contributed by atoms with Crippen LogP contribution in [0, 0.1) is 35.0 Å². The molecule has 4 rings (SSSR count). The fourth-order valence-corrected chi connectivity index (χ4v) is 5.10. The van der Waals surface area contributed by atoms with Crippen LogP contribution in [-0.4, -0.2) is 11.0 Å². The van der Waals surface area contributed by atoms with E-state index in [2.05, 4.69) is 17.3 Å². The number of nitrogens with one attached hydrogen (secondary N) is 2. The summed E-state index contributed by atoms with van der Waals surface area (Å²) in [5, 5.41) is 44.7. The van der Waals surface area contributed by atoms with Crippen LogP contribution in [-0.2, 0) is 5.72 Å². The number of nitrogens with zero attached hydrogens (tertiary/aromatic N) is 3. The van der Waals surface area contributed by atoms with E-state index in [0.29, 0.717) is 5.56 Å². The maximum absolute atomic E-state index is 12.3. The molecular formula is C25H20N5OS+. The molecule has 1 aliphatic heterocycles. The third-order valence-corrected chi connectivity index (χ3v) is 6.56. The summed E-state index contributed by atoms with van der Waals surface area (Å²) in [7, 11) is 0. The summed E-state index contributed by atoms with van der Waals surface area (Å²) >= 11 is 1.48. The van der Waals surface area contributed by atoms with Crippen molar-refractivity contribution in [2.75, 3.05) is 0 Å². The van der Waals surface area contributed by atoms with Gasteiger partial charge < -0.3 is 10.4 Å². The van der Waals surface area contributed by atoms with Gasteiger partial charge in [0, 0.05) is 22.1 Å². The number of hydrogen-bond acceptors (Lipinski definition) is 6. The van der Waals surface area contributed by atoms with Crippen molar-refractivity contribution in [3.63, 3.8) is 0 Å². The van der Waals surface area contributed by atoms with Gasteiger partial charge in [-0.15, -0.1) is 11.3 Å². The van der Waals surface area contributed by atoms with E-state index in [4.69, 9.17) is 5.41 Å². The van der Waals surface area contributed by atoms with Crippen molar-refractivity contribution in [3.8, 4) is 12.1 Å². The van der Waals surface area contributed by atoms with Crippen LogP contribution in [0.25, 0.3) is 0 Å². The van der Waals surface area contributed by atoms with E-state index in [1.165, 1.54) is 11.3 Å². The van der Waals surface area contributed by atoms with Gasteiger partial charge in [-0.1, -0.05) is 36.4 Å². The van der Waals surface area contributed by atoms with Crippen molar-refractivity contribution < 1.29 is 9.67 Å². The Kier molecular flexibility index (Phi) is 5.73. The summed E-state index contributed by atoms with van der Waals surface area (Å²) in [5.41, 5.74) is 0.173. The van der Waals surface area contributed by atoms with Gasteiger partial charge in [-0.25, -0.2) is 0 Å². The molecule has 0 bridgehead atoms. The summed E-state index contributed by atoms with van der Waals surface area (Å²) in [4.78, 5) is 0.871. The van der Waals surface area contributed by atoms with Crippen LogP contribution in [0.1, 0.15) is 28.0 Å². The highest BCUT2D eigenvalue weighted by molar-refractivity contribution is 7.10. The fourth-order valence-electron chi connectivity index (χ4n) is 4.23. The lowest BCUT2D eigenvalue weighted by Crippen LogP contribution is -2.62. The van der Waals surface area contributed by atoms with Gasteiger partial charge in [-0.2, -0.15) is 15.1 Å². The SMILES string of the molecule is Cc1ccc[n+]([C@H]2[C@H](c3cccs3)C(C#N)=C(C(=C=N)C#N)N[C@]2(O)c2ccccc2)c1. The molecule has 0 saturated carbocycles. The monoisotopic (exact) mass is 438 g/mol. The molecule has 3 N–H and O–H groups in total. The van der Waals surface area contributed by atoms with Crippen LogP contribution in [0.5, 0.6) is 0 Å². The lowest BCUT2D eigenvalue weighted by atomic mass is 9.75. The Morgan fingerprint density at radius 1 is 1.16 bits per heavy atom. The largest absolute Gasteiger partial charge is 0.362 e. The molecule has 0 aliphatic carbocycles. The Morgan fingerprint density at radius 3 is 2.53 bits per heavy atom. The highest BCUT2D eigenvalue weighted by atomic mass is 32.1. The predicted molar refractivity (Wildman–Crippen MR) is 120 cm³/mol. The zero-order chi connectivity index (χ0) is 22.7. The summed E-state index contributed by atoms with van der Waals surface area (Å²) in [6.07, 6.45) is 3.80. The number of nitriles is 2. The van der Waals surface area contributed by atoms with Gasteiger partial charge in [0.15, 0.2) is 12.4 Å². The van der Waals surface area contributed by atoms with Gasteiger partial charge in [0.2, 0.25) is 11.8 Å². The molecule has 7 heteroatoms. The molecule has 3 aromatic rings. The molecule has 32 heavy (non-hydrogen) atoms. The highest BCUT2D eigenvalue weighted by Crippen LogP contribution is 2.48. The van der Waals surface area contributed by atoms with Gasteiger partial charge in [-0.05, 0) is 30.3 Å². The van der Waals surface area contributed by atoms with Crippen molar-refractivity contribution in [1.29, 1.82) is 15.9 Å². The number of aryl methyl sites for hydroxylation is 1. The molecule has 1 aromatic carbocycles. The number of rotatable bonds is 4. The van der Waals surface area contributed by atoms with Crippen LogP contribution in [0.4, 0.5) is 0 Å². The predicted octanol–water partition coefficient (Wildman–Crippen LogP) is 3.59. The number of aromatic nitrogens is 1. The van der Waals surface area contributed by atoms with Crippen LogP contribution < -0.4 is 9.88 Å². The number of hydrogen-bond donors (Lipinski definition) is 3. The smallest absolute Gasteiger partial charge is 0.227 e. The Morgan fingerprint density at radius 2 is 1.94 bits per heavy atom. The average molecular weight is 439 g/mol. The standard InChI is InChI=1S/C25H20N5OS/c1-17-7-5-11-30(16-17)24-22(21-10-6-12-32-21)20(15-28)23(18(13-26)14-27)29-25(24,31)19-8-3-2-4-9-19/h2-12,16,22,24,26,29,31H,1H3/q+1/t22-,24-,25-/m0/s1. The molecule has 3 heterocycles. The van der Waals surface area contributed by atoms with E-state index in [9.17, 15) is 15.6 Å². The van der Waals surface area contributed by atoms with Gasteiger partial charge in [0.05, 0.1) is 23.3 Å². The Bertz CT molecular complexity index is 1310. The Hall–Kier alpha value is -4.00. The molecule has 2 aromatic heterocycles. The molecule has 156 valence electrons. The third-order valence-electron chi connectivity index (χ3n) is 5.60. The van der Waals surface area contributed by atoms with Gasteiger partial charge >= 0.3 is 0 Å². The second kappa shape index (κ2) is 8.63. The van der Waals surface area contributed by atoms with E-state index in [1.54, 1.807) is 12.1 Å². The van der Waals surface area contributed by atoms with Crippen molar-refractivity contribution in [3.05, 3.63) is 105 Å². The first kappa shape index (κ1) is 21.2. The minimum absolute atomic E-state index is 0.124. The molecule has 6 nitrogen and oxygen atoms in total. The normalized spacial score (nSPS) is 22.2. The second-order valence-electron chi connectivity index (χ2n) is 7.54. The fraction of sp³-hybridized carbons (Fsp3) is 0.160. The van der Waals surface area contributed by atoms with Crippen LogP contribution >= 0.6 is 11.3 Å². The Labute approximate surface area is 190 Å². The summed E-state index contributed by atoms with van der Waals surface area (Å²) in [5.74, 6) is 1.56. The summed E-state index contributed by atoms with van der Waals surface area (Å²) in [6, 6.07) is 20.3. The summed E-state index contributed by atoms with van der Waals surface area (Å²) < 4.78 is 1.91. The number of thiophene rings is 1. The molecule has 0 spiro atoms. The average Bonchev–Trinajstić information content (AvgIpc) is 3.35. The molecule has 0 saturated heterocycles. The number of pyridine rings is 1. The molecule has 1 aliphatic rings. The lowest BCUT2D eigenvalue weighted by molar-refractivity contribution is -0.744. The van der Waals surface area contributed by atoms with Crippen molar-refractivity contribution in [1.82, 2.24) is 5.32 Å². The minimum Gasteiger partial charge on any atom is -0.362 e. The lowest BCUT2D eigenvalue weighted by Gasteiger charge is -2.42. The molecule has 0 radical (unpaired) electrons. The first-order chi connectivity index (χ1) is 15.5. The number of aliphatic hydroxyl groups is 1. The summed E-state index contributed by atoms with van der Waals surface area (Å²) in [6.45, 7) is 1.96. The van der Waals surface area contributed by atoms with Crippen LogP contribution in [0.15, 0.2) is 89.2 Å². The Balaban J connectivity index is 2.10. The third kappa shape index (κ3) is 3.51. The molecule has 0 fully saturated rings. The number of benzene rings is 1. The molecule has 3 atom stereocenters. The van der Waals surface area contributed by atoms with E-state index < -0.39 is 17.7 Å². The van der Waals surface area contributed by atoms with Crippen molar-refractivity contribution in [2.24, 2.45) is 0 Å². The quantitative estimate of drug-likeness (QED) is 0.329. The first-order valence-electron chi connectivity index (χ1n) is 9.94.